The fourth-order valence-electron chi connectivity index (χ4n) is 2.97. The van der Waals surface area contributed by atoms with Crippen molar-refractivity contribution in [1.29, 1.82) is 0 Å². The number of aromatic nitrogens is 1. The van der Waals surface area contributed by atoms with E-state index in [4.69, 9.17) is 17.3 Å². The number of benzene rings is 2. The van der Waals surface area contributed by atoms with Gasteiger partial charge in [-0.2, -0.15) is 0 Å². The van der Waals surface area contributed by atoms with Crippen LogP contribution in [0.4, 0.5) is 21.7 Å². The largest absolute Gasteiger partial charge is 0.395 e. The molecular formula is C19H20FN5. The summed E-state index contributed by atoms with van der Waals surface area (Å²) in [6.07, 6.45) is 0.439. The van der Waals surface area contributed by atoms with Gasteiger partial charge in [0, 0.05) is 5.92 Å². The second-order valence-electron chi connectivity index (χ2n) is 5.80. The van der Waals surface area contributed by atoms with Crippen LogP contribution in [0.2, 0.25) is 0 Å². The van der Waals surface area contributed by atoms with Crippen LogP contribution in [-0.2, 0) is 6.42 Å². The van der Waals surface area contributed by atoms with E-state index in [-0.39, 0.29) is 11.7 Å². The zero-order chi connectivity index (χ0) is 17.8. The average Bonchev–Trinajstić information content (AvgIpc) is 2.63. The Balaban J connectivity index is 2.13. The third-order valence-corrected chi connectivity index (χ3v) is 4.21. The van der Waals surface area contributed by atoms with Crippen molar-refractivity contribution in [2.45, 2.75) is 12.3 Å². The third-order valence-electron chi connectivity index (χ3n) is 4.21. The number of hydrogen-bond donors (Lipinski definition) is 4. The van der Waals surface area contributed by atoms with Crippen LogP contribution in [0.15, 0.2) is 60.7 Å². The number of rotatable bonds is 5. The topological polar surface area (TPSA) is 103 Å². The summed E-state index contributed by atoms with van der Waals surface area (Å²) in [4.78, 5) is 4.10. The Morgan fingerprint density at radius 1 is 1.00 bits per heavy atom. The molecule has 2 aromatic carbocycles. The standard InChI is InChI=1S/C19H20FN5/c20-16-9-5-4-8-13(16)10-14(12-6-2-1-3-7-12)15-11-17(21)24-19(25-23)18(15)22/h1-9,11,14H,10,22-23H2,(H3,21,24,25). The quantitative estimate of drug-likeness (QED) is 0.423. The SMILES string of the molecule is NNc1nc(N)cc(C(Cc2ccccc2F)c2ccccc2)c1N. The fraction of sp³-hybridized carbons (Fsp3) is 0.105. The number of pyridine rings is 1. The van der Waals surface area contributed by atoms with Gasteiger partial charge in [0.15, 0.2) is 5.82 Å². The first-order chi connectivity index (χ1) is 12.1. The van der Waals surface area contributed by atoms with Gasteiger partial charge in [0.25, 0.3) is 0 Å². The third kappa shape index (κ3) is 3.54. The summed E-state index contributed by atoms with van der Waals surface area (Å²) >= 11 is 0. The van der Waals surface area contributed by atoms with Crippen molar-refractivity contribution >= 4 is 17.3 Å². The van der Waals surface area contributed by atoms with Gasteiger partial charge in [-0.05, 0) is 35.2 Å². The van der Waals surface area contributed by atoms with E-state index >= 15 is 0 Å². The van der Waals surface area contributed by atoms with Gasteiger partial charge in [-0.15, -0.1) is 0 Å². The molecule has 0 saturated heterocycles. The van der Waals surface area contributed by atoms with E-state index in [1.165, 1.54) is 6.07 Å². The number of nitrogens with zero attached hydrogens (tertiary/aromatic N) is 1. The summed E-state index contributed by atoms with van der Waals surface area (Å²) in [6.45, 7) is 0. The number of nitrogens with two attached hydrogens (primary N) is 3. The maximum Gasteiger partial charge on any atom is 0.165 e. The summed E-state index contributed by atoms with van der Waals surface area (Å²) in [5, 5.41) is 0. The first-order valence-electron chi connectivity index (χ1n) is 7.91. The maximum atomic E-state index is 14.2. The number of hydrogen-bond acceptors (Lipinski definition) is 5. The summed E-state index contributed by atoms with van der Waals surface area (Å²) in [5.74, 6) is 5.67. The van der Waals surface area contributed by atoms with Gasteiger partial charge >= 0.3 is 0 Å². The van der Waals surface area contributed by atoms with E-state index < -0.39 is 0 Å². The number of halogens is 1. The van der Waals surface area contributed by atoms with Gasteiger partial charge in [0.1, 0.15) is 11.6 Å². The molecule has 5 nitrogen and oxygen atoms in total. The lowest BCUT2D eigenvalue weighted by Crippen LogP contribution is -2.16. The lowest BCUT2D eigenvalue weighted by atomic mass is 9.85. The molecule has 1 atom stereocenters. The Hall–Kier alpha value is -3.12. The second kappa shape index (κ2) is 7.19. The van der Waals surface area contributed by atoms with E-state index in [1.54, 1.807) is 18.2 Å². The van der Waals surface area contributed by atoms with E-state index in [1.807, 2.05) is 36.4 Å². The van der Waals surface area contributed by atoms with Crippen LogP contribution in [0.1, 0.15) is 22.6 Å². The maximum absolute atomic E-state index is 14.2. The second-order valence-corrected chi connectivity index (χ2v) is 5.80. The molecule has 6 heteroatoms. The molecule has 128 valence electrons. The molecule has 0 radical (unpaired) electrons. The van der Waals surface area contributed by atoms with Gasteiger partial charge < -0.3 is 16.9 Å². The number of nitrogens with one attached hydrogen (secondary N) is 1. The molecule has 3 aromatic rings. The molecule has 0 saturated carbocycles. The highest BCUT2D eigenvalue weighted by atomic mass is 19.1. The number of nitrogen functional groups attached to an aromatic ring is 3. The van der Waals surface area contributed by atoms with Crippen LogP contribution in [0.3, 0.4) is 0 Å². The molecule has 1 unspecified atom stereocenters. The lowest BCUT2D eigenvalue weighted by Gasteiger charge is -2.22. The van der Waals surface area contributed by atoms with Gasteiger partial charge in [0.05, 0.1) is 5.69 Å². The zero-order valence-corrected chi connectivity index (χ0v) is 13.6. The van der Waals surface area contributed by atoms with Gasteiger partial charge in [-0.3, -0.25) is 0 Å². The lowest BCUT2D eigenvalue weighted by molar-refractivity contribution is 0.602. The van der Waals surface area contributed by atoms with Crippen molar-refractivity contribution in [2.24, 2.45) is 5.84 Å². The first-order valence-corrected chi connectivity index (χ1v) is 7.91. The smallest absolute Gasteiger partial charge is 0.165 e. The van der Waals surface area contributed by atoms with Crippen LogP contribution < -0.4 is 22.7 Å². The normalized spacial score (nSPS) is 11.9. The van der Waals surface area contributed by atoms with Crippen LogP contribution in [-0.4, -0.2) is 4.98 Å². The summed E-state index contributed by atoms with van der Waals surface area (Å²) < 4.78 is 14.2. The minimum Gasteiger partial charge on any atom is -0.395 e. The highest BCUT2D eigenvalue weighted by Crippen LogP contribution is 2.36. The minimum atomic E-state index is -0.249. The first kappa shape index (κ1) is 16.7. The summed E-state index contributed by atoms with van der Waals surface area (Å²) in [7, 11) is 0. The molecule has 0 fully saturated rings. The van der Waals surface area contributed by atoms with Crippen molar-refractivity contribution in [3.05, 3.63) is 83.2 Å². The predicted molar refractivity (Wildman–Crippen MR) is 99.3 cm³/mol. The highest BCUT2D eigenvalue weighted by Gasteiger charge is 2.21. The van der Waals surface area contributed by atoms with E-state index in [0.717, 1.165) is 11.1 Å². The van der Waals surface area contributed by atoms with Crippen molar-refractivity contribution < 1.29 is 4.39 Å². The molecule has 0 aliphatic heterocycles. The average molecular weight is 337 g/mol. The Bertz CT molecular complexity index is 867. The predicted octanol–water partition coefficient (Wildman–Crippen LogP) is 3.05. The minimum absolute atomic E-state index is 0.185. The van der Waals surface area contributed by atoms with Crippen LogP contribution in [0.25, 0.3) is 0 Å². The van der Waals surface area contributed by atoms with Crippen LogP contribution in [0, 0.1) is 5.82 Å². The molecule has 1 heterocycles. The van der Waals surface area contributed by atoms with E-state index in [9.17, 15) is 4.39 Å². The van der Waals surface area contributed by atoms with Gasteiger partial charge in [-0.1, -0.05) is 48.5 Å². The van der Waals surface area contributed by atoms with E-state index in [0.29, 0.717) is 29.3 Å². The molecule has 25 heavy (non-hydrogen) atoms. The van der Waals surface area contributed by atoms with Crippen LogP contribution in [0.5, 0.6) is 0 Å². The summed E-state index contributed by atoms with van der Waals surface area (Å²) in [6, 6.07) is 18.2. The van der Waals surface area contributed by atoms with Crippen molar-refractivity contribution in [1.82, 2.24) is 4.98 Å². The Morgan fingerprint density at radius 3 is 2.36 bits per heavy atom. The Kier molecular flexibility index (Phi) is 4.81. The highest BCUT2D eigenvalue weighted by molar-refractivity contribution is 5.70. The van der Waals surface area contributed by atoms with Gasteiger partial charge in [-0.25, -0.2) is 15.2 Å². The van der Waals surface area contributed by atoms with Crippen LogP contribution >= 0.6 is 0 Å². The molecule has 0 aliphatic rings. The monoisotopic (exact) mass is 337 g/mol. The molecule has 0 spiro atoms. The number of hydrazine groups is 1. The molecule has 0 bridgehead atoms. The fourth-order valence-corrected chi connectivity index (χ4v) is 2.97. The van der Waals surface area contributed by atoms with E-state index in [2.05, 4.69) is 10.4 Å². The zero-order valence-electron chi connectivity index (χ0n) is 13.6. The molecule has 0 amide bonds. The Morgan fingerprint density at radius 2 is 1.68 bits per heavy atom. The molecule has 0 aliphatic carbocycles. The van der Waals surface area contributed by atoms with Crippen molar-refractivity contribution in [3.8, 4) is 0 Å². The molecule has 7 N–H and O–H groups in total. The van der Waals surface area contributed by atoms with Crippen molar-refractivity contribution in [2.75, 3.05) is 16.9 Å². The Labute approximate surface area is 145 Å². The molecule has 1 aromatic heterocycles. The van der Waals surface area contributed by atoms with Gasteiger partial charge in [0.2, 0.25) is 0 Å². The molecular weight excluding hydrogens is 317 g/mol. The molecule has 3 rings (SSSR count). The van der Waals surface area contributed by atoms with Crippen molar-refractivity contribution in [3.63, 3.8) is 0 Å². The number of anilines is 3. The summed E-state index contributed by atoms with van der Waals surface area (Å²) in [5.41, 5.74) is 17.4.